The largest absolute Gasteiger partial charge is 0.0628 e. The molecule has 0 aliphatic carbocycles. The van der Waals surface area contributed by atoms with Crippen molar-refractivity contribution in [2.45, 2.75) is 53.4 Å². The fraction of sp³-hybridized carbons (Fsp3) is 0.625. The van der Waals surface area contributed by atoms with Gasteiger partial charge in [-0.05, 0) is 41.7 Å². The molecule has 0 heteroatoms. The Labute approximate surface area is 101 Å². The maximum atomic E-state index is 2.36. The first-order valence-electron chi connectivity index (χ1n) is 6.58. The third-order valence-electron chi connectivity index (χ3n) is 3.10. The Bertz CT molecular complexity index is 292. The van der Waals surface area contributed by atoms with Crippen molar-refractivity contribution >= 4 is 0 Å². The molecule has 0 spiro atoms. The zero-order valence-electron chi connectivity index (χ0n) is 11.5. The van der Waals surface area contributed by atoms with E-state index in [0.29, 0.717) is 5.92 Å². The maximum Gasteiger partial charge on any atom is -0.0219 e. The maximum absolute atomic E-state index is 2.36. The second-order valence-corrected chi connectivity index (χ2v) is 5.84. The Kier molecular flexibility index (Phi) is 5.05. The standard InChI is InChI=1S/C16H26/c1-12(2)10-14(5)11-15-6-8-16(9-7-15)13(3)4/h6-9,12-14H,10-11H2,1-5H3. The molecule has 0 nitrogen and oxygen atoms in total. The summed E-state index contributed by atoms with van der Waals surface area (Å²) in [6, 6.07) is 9.16. The predicted octanol–water partition coefficient (Wildman–Crippen LogP) is 5.03. The van der Waals surface area contributed by atoms with Gasteiger partial charge < -0.3 is 0 Å². The molecule has 1 unspecified atom stereocenters. The Hall–Kier alpha value is -0.780. The SMILES string of the molecule is CC(C)CC(C)Cc1ccc(C(C)C)cc1. The lowest BCUT2D eigenvalue weighted by Crippen LogP contribution is -2.03. The van der Waals surface area contributed by atoms with Gasteiger partial charge in [0.15, 0.2) is 0 Å². The third kappa shape index (κ3) is 4.38. The van der Waals surface area contributed by atoms with E-state index in [1.807, 2.05) is 0 Å². The van der Waals surface area contributed by atoms with Crippen LogP contribution in [0.3, 0.4) is 0 Å². The van der Waals surface area contributed by atoms with Crippen molar-refractivity contribution in [3.05, 3.63) is 35.4 Å². The Morgan fingerprint density at radius 2 is 1.44 bits per heavy atom. The van der Waals surface area contributed by atoms with E-state index in [-0.39, 0.29) is 0 Å². The molecule has 0 saturated carbocycles. The monoisotopic (exact) mass is 218 g/mol. The van der Waals surface area contributed by atoms with Crippen LogP contribution in [0.4, 0.5) is 0 Å². The topological polar surface area (TPSA) is 0 Å². The first kappa shape index (κ1) is 13.3. The number of hydrogen-bond acceptors (Lipinski definition) is 0. The lowest BCUT2D eigenvalue weighted by atomic mass is 9.91. The van der Waals surface area contributed by atoms with Gasteiger partial charge in [0.05, 0.1) is 0 Å². The average molecular weight is 218 g/mol. The van der Waals surface area contributed by atoms with Gasteiger partial charge in [0.2, 0.25) is 0 Å². The van der Waals surface area contributed by atoms with Crippen molar-refractivity contribution in [1.82, 2.24) is 0 Å². The van der Waals surface area contributed by atoms with Crippen LogP contribution in [0, 0.1) is 11.8 Å². The van der Waals surface area contributed by atoms with E-state index in [9.17, 15) is 0 Å². The summed E-state index contributed by atoms with van der Waals surface area (Å²) < 4.78 is 0. The average Bonchev–Trinajstić information content (AvgIpc) is 2.16. The second kappa shape index (κ2) is 6.08. The molecule has 0 aliphatic heterocycles. The fourth-order valence-electron chi connectivity index (χ4n) is 2.33. The van der Waals surface area contributed by atoms with Gasteiger partial charge in [0.25, 0.3) is 0 Å². The minimum absolute atomic E-state index is 0.641. The van der Waals surface area contributed by atoms with Gasteiger partial charge in [-0.1, -0.05) is 58.9 Å². The van der Waals surface area contributed by atoms with E-state index in [4.69, 9.17) is 0 Å². The fourth-order valence-corrected chi connectivity index (χ4v) is 2.33. The van der Waals surface area contributed by atoms with Gasteiger partial charge in [-0.25, -0.2) is 0 Å². The highest BCUT2D eigenvalue weighted by molar-refractivity contribution is 5.24. The highest BCUT2D eigenvalue weighted by atomic mass is 14.1. The Balaban J connectivity index is 2.55. The van der Waals surface area contributed by atoms with Crippen molar-refractivity contribution in [1.29, 1.82) is 0 Å². The Morgan fingerprint density at radius 1 is 0.875 bits per heavy atom. The molecule has 0 saturated heterocycles. The molecule has 0 radical (unpaired) electrons. The van der Waals surface area contributed by atoms with Crippen LogP contribution in [0.25, 0.3) is 0 Å². The quantitative estimate of drug-likeness (QED) is 0.650. The summed E-state index contributed by atoms with van der Waals surface area (Å²) in [5.74, 6) is 2.25. The molecule has 90 valence electrons. The normalized spacial score (nSPS) is 13.4. The van der Waals surface area contributed by atoms with Crippen LogP contribution < -0.4 is 0 Å². The lowest BCUT2D eigenvalue weighted by molar-refractivity contribution is 0.437. The van der Waals surface area contributed by atoms with E-state index in [0.717, 1.165) is 11.8 Å². The minimum Gasteiger partial charge on any atom is -0.0628 e. The van der Waals surface area contributed by atoms with E-state index in [1.54, 1.807) is 0 Å². The molecule has 0 amide bonds. The van der Waals surface area contributed by atoms with E-state index in [1.165, 1.54) is 24.0 Å². The predicted molar refractivity (Wildman–Crippen MR) is 72.9 cm³/mol. The first-order chi connectivity index (χ1) is 7.49. The molecule has 1 aromatic carbocycles. The van der Waals surface area contributed by atoms with Gasteiger partial charge in [-0.2, -0.15) is 0 Å². The summed E-state index contributed by atoms with van der Waals surface area (Å²) in [7, 11) is 0. The molecule has 0 heterocycles. The second-order valence-electron chi connectivity index (χ2n) is 5.84. The summed E-state index contributed by atoms with van der Waals surface area (Å²) in [6.45, 7) is 11.5. The zero-order chi connectivity index (χ0) is 12.1. The summed E-state index contributed by atoms with van der Waals surface area (Å²) >= 11 is 0. The highest BCUT2D eigenvalue weighted by Gasteiger charge is 2.06. The molecule has 1 rings (SSSR count). The molecular weight excluding hydrogens is 192 g/mol. The van der Waals surface area contributed by atoms with Gasteiger partial charge >= 0.3 is 0 Å². The van der Waals surface area contributed by atoms with Crippen molar-refractivity contribution in [2.24, 2.45) is 11.8 Å². The van der Waals surface area contributed by atoms with Crippen LogP contribution in [0.1, 0.15) is 58.1 Å². The van der Waals surface area contributed by atoms with Gasteiger partial charge in [-0.15, -0.1) is 0 Å². The number of rotatable bonds is 5. The van der Waals surface area contributed by atoms with E-state index < -0.39 is 0 Å². The van der Waals surface area contributed by atoms with Crippen LogP contribution in [0.2, 0.25) is 0 Å². The molecule has 0 aromatic heterocycles. The van der Waals surface area contributed by atoms with Crippen molar-refractivity contribution in [3.63, 3.8) is 0 Å². The first-order valence-corrected chi connectivity index (χ1v) is 6.58. The van der Waals surface area contributed by atoms with Gasteiger partial charge in [0, 0.05) is 0 Å². The smallest absolute Gasteiger partial charge is 0.0219 e. The van der Waals surface area contributed by atoms with E-state index in [2.05, 4.69) is 58.9 Å². The van der Waals surface area contributed by atoms with Crippen LogP contribution in [0.5, 0.6) is 0 Å². The Morgan fingerprint density at radius 3 is 1.88 bits per heavy atom. The number of benzene rings is 1. The van der Waals surface area contributed by atoms with Crippen molar-refractivity contribution in [3.8, 4) is 0 Å². The molecular formula is C16H26. The van der Waals surface area contributed by atoms with Crippen molar-refractivity contribution < 1.29 is 0 Å². The van der Waals surface area contributed by atoms with Gasteiger partial charge in [-0.3, -0.25) is 0 Å². The van der Waals surface area contributed by atoms with Crippen LogP contribution >= 0.6 is 0 Å². The zero-order valence-corrected chi connectivity index (χ0v) is 11.5. The summed E-state index contributed by atoms with van der Waals surface area (Å²) in [4.78, 5) is 0. The summed E-state index contributed by atoms with van der Waals surface area (Å²) in [5, 5.41) is 0. The minimum atomic E-state index is 0.641. The third-order valence-corrected chi connectivity index (χ3v) is 3.10. The van der Waals surface area contributed by atoms with Crippen LogP contribution in [0.15, 0.2) is 24.3 Å². The molecule has 0 N–H and O–H groups in total. The van der Waals surface area contributed by atoms with Crippen molar-refractivity contribution in [2.75, 3.05) is 0 Å². The highest BCUT2D eigenvalue weighted by Crippen LogP contribution is 2.19. The van der Waals surface area contributed by atoms with E-state index >= 15 is 0 Å². The molecule has 1 atom stereocenters. The summed E-state index contributed by atoms with van der Waals surface area (Å²) in [5.41, 5.74) is 2.93. The lowest BCUT2D eigenvalue weighted by Gasteiger charge is -2.14. The van der Waals surface area contributed by atoms with Crippen LogP contribution in [-0.2, 0) is 6.42 Å². The number of hydrogen-bond donors (Lipinski definition) is 0. The molecule has 0 fully saturated rings. The molecule has 0 bridgehead atoms. The summed E-state index contributed by atoms with van der Waals surface area (Å²) in [6.07, 6.45) is 2.54. The van der Waals surface area contributed by atoms with Crippen LogP contribution in [-0.4, -0.2) is 0 Å². The molecule has 0 aliphatic rings. The van der Waals surface area contributed by atoms with Gasteiger partial charge in [0.1, 0.15) is 0 Å². The molecule has 16 heavy (non-hydrogen) atoms. The molecule has 1 aromatic rings.